The largest absolute Gasteiger partial charge is 0.459 e. The summed E-state index contributed by atoms with van der Waals surface area (Å²) in [6.45, 7) is 11.5. The van der Waals surface area contributed by atoms with Gasteiger partial charge in [-0.15, -0.1) is 5.10 Å². The van der Waals surface area contributed by atoms with E-state index >= 15 is 0 Å². The van der Waals surface area contributed by atoms with Gasteiger partial charge in [0.05, 0.1) is 17.8 Å². The van der Waals surface area contributed by atoms with Crippen molar-refractivity contribution in [2.24, 2.45) is 0 Å². The van der Waals surface area contributed by atoms with E-state index in [9.17, 15) is 4.79 Å². The third-order valence-electron chi connectivity index (χ3n) is 4.76. The fourth-order valence-electron chi connectivity index (χ4n) is 3.42. The smallest absolute Gasteiger partial charge is 0.289 e. The van der Waals surface area contributed by atoms with Crippen LogP contribution in [-0.4, -0.2) is 62.1 Å². The van der Waals surface area contributed by atoms with Gasteiger partial charge < -0.3 is 9.32 Å². The van der Waals surface area contributed by atoms with Crippen LogP contribution in [0.3, 0.4) is 0 Å². The zero-order valence-electron chi connectivity index (χ0n) is 16.1. The monoisotopic (exact) mass is 360 g/mol. The molecular weight excluding hydrogens is 332 g/mol. The highest BCUT2D eigenvalue weighted by atomic mass is 16.3. The first-order chi connectivity index (χ1) is 12.4. The van der Waals surface area contributed by atoms with Crippen molar-refractivity contribution >= 4 is 5.91 Å². The fraction of sp³-hybridized carbons (Fsp3) is 0.667. The first kappa shape index (κ1) is 18.6. The van der Waals surface area contributed by atoms with E-state index in [1.54, 1.807) is 12.1 Å². The first-order valence-corrected chi connectivity index (χ1v) is 9.27. The van der Waals surface area contributed by atoms with Crippen LogP contribution in [0, 0.1) is 0 Å². The van der Waals surface area contributed by atoms with E-state index in [4.69, 9.17) is 4.42 Å². The number of hydrogen-bond donors (Lipinski definition) is 0. The summed E-state index contributed by atoms with van der Waals surface area (Å²) < 4.78 is 7.16. The Morgan fingerprint density at radius 2 is 2.00 bits per heavy atom. The van der Waals surface area contributed by atoms with Gasteiger partial charge in [0.1, 0.15) is 0 Å². The Labute approximate surface area is 154 Å². The molecule has 0 spiro atoms. The van der Waals surface area contributed by atoms with Gasteiger partial charge in [0.15, 0.2) is 11.6 Å². The third kappa shape index (κ3) is 3.80. The number of hydrogen-bond acceptors (Lipinski definition) is 6. The van der Waals surface area contributed by atoms with Crippen molar-refractivity contribution in [1.82, 2.24) is 30.0 Å². The number of amides is 1. The van der Waals surface area contributed by atoms with E-state index in [0.717, 1.165) is 31.8 Å². The quantitative estimate of drug-likeness (QED) is 0.814. The van der Waals surface area contributed by atoms with Gasteiger partial charge in [0, 0.05) is 26.2 Å². The number of carbonyl (C=O) groups is 1. The van der Waals surface area contributed by atoms with Crippen molar-refractivity contribution in [3.05, 3.63) is 30.0 Å². The van der Waals surface area contributed by atoms with Gasteiger partial charge in [0.2, 0.25) is 0 Å². The van der Waals surface area contributed by atoms with Gasteiger partial charge in [-0.25, -0.2) is 4.68 Å². The molecule has 0 saturated carbocycles. The van der Waals surface area contributed by atoms with E-state index in [-0.39, 0.29) is 17.5 Å². The fourth-order valence-corrected chi connectivity index (χ4v) is 3.42. The molecule has 1 aliphatic heterocycles. The van der Waals surface area contributed by atoms with Crippen LogP contribution in [0.2, 0.25) is 0 Å². The van der Waals surface area contributed by atoms with Gasteiger partial charge in [-0.05, 0) is 49.8 Å². The molecule has 1 fully saturated rings. The number of piperazine rings is 1. The molecule has 8 nitrogen and oxygen atoms in total. The molecule has 0 radical (unpaired) electrons. The minimum atomic E-state index is -0.165. The molecule has 1 aliphatic rings. The average Bonchev–Trinajstić information content (AvgIpc) is 3.30. The number of carbonyl (C=O) groups excluding carboxylic acids is 1. The van der Waals surface area contributed by atoms with Crippen LogP contribution >= 0.6 is 0 Å². The molecule has 3 heterocycles. The van der Waals surface area contributed by atoms with Crippen molar-refractivity contribution in [3.8, 4) is 0 Å². The maximum atomic E-state index is 12.5. The molecule has 26 heavy (non-hydrogen) atoms. The second-order valence-electron chi connectivity index (χ2n) is 7.73. The summed E-state index contributed by atoms with van der Waals surface area (Å²) >= 11 is 0. The lowest BCUT2D eigenvalue weighted by atomic mass is 10.0. The Morgan fingerprint density at radius 3 is 2.58 bits per heavy atom. The molecule has 1 amide bonds. The number of furan rings is 1. The highest BCUT2D eigenvalue weighted by molar-refractivity contribution is 5.91. The van der Waals surface area contributed by atoms with Crippen LogP contribution < -0.4 is 0 Å². The van der Waals surface area contributed by atoms with Gasteiger partial charge in [0.25, 0.3) is 5.91 Å². The molecule has 142 valence electrons. The molecule has 0 bridgehead atoms. The zero-order chi connectivity index (χ0) is 18.7. The van der Waals surface area contributed by atoms with Crippen LogP contribution in [0.25, 0.3) is 0 Å². The first-order valence-electron chi connectivity index (χ1n) is 9.27. The van der Waals surface area contributed by atoms with Gasteiger partial charge >= 0.3 is 0 Å². The number of tetrazole rings is 1. The molecular formula is C18H28N6O2. The highest BCUT2D eigenvalue weighted by Gasteiger charge is 2.32. The topological polar surface area (TPSA) is 80.3 Å². The summed E-state index contributed by atoms with van der Waals surface area (Å²) in [5.41, 5.74) is -0.165. The zero-order valence-corrected chi connectivity index (χ0v) is 16.1. The number of rotatable bonds is 5. The third-order valence-corrected chi connectivity index (χ3v) is 4.76. The maximum absolute atomic E-state index is 12.5. The van der Waals surface area contributed by atoms with Gasteiger partial charge in [-0.1, -0.05) is 13.3 Å². The van der Waals surface area contributed by atoms with Crippen LogP contribution in [-0.2, 0) is 5.54 Å². The van der Waals surface area contributed by atoms with Crippen molar-refractivity contribution in [1.29, 1.82) is 0 Å². The van der Waals surface area contributed by atoms with Crippen LogP contribution in [0.4, 0.5) is 0 Å². The average molecular weight is 360 g/mol. The summed E-state index contributed by atoms with van der Waals surface area (Å²) in [5.74, 6) is 1.27. The van der Waals surface area contributed by atoms with E-state index in [1.165, 1.54) is 6.26 Å². The summed E-state index contributed by atoms with van der Waals surface area (Å²) in [6, 6.07) is 3.62. The molecule has 2 aromatic rings. The maximum Gasteiger partial charge on any atom is 0.289 e. The summed E-state index contributed by atoms with van der Waals surface area (Å²) in [5, 5.41) is 12.5. The molecule has 8 heteroatoms. The second-order valence-corrected chi connectivity index (χ2v) is 7.73. The van der Waals surface area contributed by atoms with E-state index in [1.807, 2.05) is 9.58 Å². The standard InChI is InChI=1S/C18H28N6O2/c1-5-7-14(16-19-20-21-24(16)18(2,3)4)22-9-11-23(12-10-22)17(25)15-8-6-13-26-15/h6,8,13-14H,5,7,9-12H2,1-4H3/t14-/m0/s1. The van der Waals surface area contributed by atoms with E-state index in [2.05, 4.69) is 48.1 Å². The molecule has 0 N–H and O–H groups in total. The van der Waals surface area contributed by atoms with Crippen molar-refractivity contribution in [2.75, 3.05) is 26.2 Å². The SMILES string of the molecule is CCC[C@@H](c1nnnn1C(C)(C)C)N1CCN(C(=O)c2ccco2)CC1. The Kier molecular flexibility index (Phi) is 5.41. The molecule has 0 aromatic carbocycles. The van der Waals surface area contributed by atoms with Gasteiger partial charge in [-0.3, -0.25) is 9.69 Å². The molecule has 3 rings (SSSR count). The molecule has 1 saturated heterocycles. The van der Waals surface area contributed by atoms with E-state index in [0.29, 0.717) is 18.8 Å². The molecule has 0 aliphatic carbocycles. The number of nitrogens with zero attached hydrogens (tertiary/aromatic N) is 6. The normalized spacial score (nSPS) is 17.5. The van der Waals surface area contributed by atoms with Crippen molar-refractivity contribution < 1.29 is 9.21 Å². The van der Waals surface area contributed by atoms with Crippen LogP contribution in [0.15, 0.2) is 22.8 Å². The Morgan fingerprint density at radius 1 is 1.27 bits per heavy atom. The summed E-state index contributed by atoms with van der Waals surface area (Å²) in [4.78, 5) is 16.7. The number of aromatic nitrogens is 4. The second kappa shape index (κ2) is 7.57. The molecule has 1 atom stereocenters. The predicted molar refractivity (Wildman–Crippen MR) is 96.6 cm³/mol. The van der Waals surface area contributed by atoms with E-state index < -0.39 is 0 Å². The van der Waals surface area contributed by atoms with Crippen LogP contribution in [0.1, 0.15) is 63.0 Å². The van der Waals surface area contributed by atoms with Crippen molar-refractivity contribution in [3.63, 3.8) is 0 Å². The minimum absolute atomic E-state index is 0.0405. The Balaban J connectivity index is 1.71. The van der Waals surface area contributed by atoms with Crippen molar-refractivity contribution in [2.45, 2.75) is 52.1 Å². The lowest BCUT2D eigenvalue weighted by Crippen LogP contribution is -2.50. The summed E-state index contributed by atoms with van der Waals surface area (Å²) in [6.07, 6.45) is 3.57. The Bertz CT molecular complexity index is 710. The lowest BCUT2D eigenvalue weighted by molar-refractivity contribution is 0.0509. The van der Waals surface area contributed by atoms with Crippen LogP contribution in [0.5, 0.6) is 0 Å². The lowest BCUT2D eigenvalue weighted by Gasteiger charge is -2.39. The van der Waals surface area contributed by atoms with Gasteiger partial charge in [-0.2, -0.15) is 0 Å². The predicted octanol–water partition coefficient (Wildman–Crippen LogP) is 2.32. The minimum Gasteiger partial charge on any atom is -0.459 e. The molecule has 0 unspecified atom stereocenters. The highest BCUT2D eigenvalue weighted by Crippen LogP contribution is 2.28. The Hall–Kier alpha value is -2.22. The molecule has 2 aromatic heterocycles. The summed E-state index contributed by atoms with van der Waals surface area (Å²) in [7, 11) is 0.